The minimum Gasteiger partial charge on any atom is -0.463 e. The number of ether oxygens (including phenoxy) is 4. The van der Waals surface area contributed by atoms with Crippen molar-refractivity contribution in [1.29, 1.82) is 0 Å². The van der Waals surface area contributed by atoms with Crippen LogP contribution in [0.1, 0.15) is 27.0 Å². The Bertz CT molecular complexity index is 990. The van der Waals surface area contributed by atoms with E-state index in [1.807, 2.05) is 0 Å². The lowest BCUT2D eigenvalue weighted by Crippen LogP contribution is -2.41. The van der Waals surface area contributed by atoms with Crippen molar-refractivity contribution in [2.24, 2.45) is 0 Å². The molecule has 3 rings (SSSR count). The third-order valence-electron chi connectivity index (χ3n) is 4.02. The third kappa shape index (κ3) is 4.65. The Morgan fingerprint density at radius 1 is 1.13 bits per heavy atom. The van der Waals surface area contributed by atoms with Gasteiger partial charge in [-0.3, -0.25) is 19.0 Å². The first-order chi connectivity index (χ1) is 14.3. The fourth-order valence-corrected chi connectivity index (χ4v) is 2.92. The highest BCUT2D eigenvalue weighted by Gasteiger charge is 2.50. The molecule has 1 N–H and O–H groups in total. The Morgan fingerprint density at radius 3 is 2.40 bits per heavy atom. The van der Waals surface area contributed by atoms with E-state index in [9.17, 15) is 19.2 Å². The molecule has 0 unspecified atom stereocenters. The van der Waals surface area contributed by atoms with Crippen LogP contribution in [0, 0.1) is 0 Å². The first kappa shape index (κ1) is 21.0. The monoisotopic (exact) mass is 422 g/mol. The van der Waals surface area contributed by atoms with Crippen LogP contribution in [0.25, 0.3) is 11.5 Å². The molecule has 30 heavy (non-hydrogen) atoms. The summed E-state index contributed by atoms with van der Waals surface area (Å²) in [7, 11) is 0. The number of esters is 3. The number of carbonyl (C=O) groups is 3. The molecule has 14 nitrogen and oxygen atoms in total. The van der Waals surface area contributed by atoms with Gasteiger partial charge in [-0.1, -0.05) is 0 Å². The number of H-pyrrole nitrogens is 1. The Kier molecular flexibility index (Phi) is 6.15. The second-order valence-corrected chi connectivity index (χ2v) is 6.25. The van der Waals surface area contributed by atoms with Crippen LogP contribution in [0.15, 0.2) is 17.1 Å². The standard InChI is InChI=1S/C16H18N6O8/c1-7(23)27-6-11-12(28-8(2)24)13(29-9(3)25)15(30-11)22-5-4-10(17-16(22)26)14-18-20-21-19-14/h4-5,11-13,15H,6H2,1-3H3,(H,18,19,20,21)/t11-,12-,13-,15-/m1/s1. The van der Waals surface area contributed by atoms with Crippen LogP contribution in [0.2, 0.25) is 0 Å². The van der Waals surface area contributed by atoms with Crippen LogP contribution in [0.4, 0.5) is 0 Å². The van der Waals surface area contributed by atoms with Gasteiger partial charge in [0.05, 0.1) is 0 Å². The number of aromatic amines is 1. The molecule has 1 aliphatic rings. The highest BCUT2D eigenvalue weighted by atomic mass is 16.7. The van der Waals surface area contributed by atoms with E-state index in [4.69, 9.17) is 18.9 Å². The molecule has 0 saturated carbocycles. The van der Waals surface area contributed by atoms with E-state index in [1.165, 1.54) is 19.2 Å². The quantitative estimate of drug-likeness (QED) is 0.432. The van der Waals surface area contributed by atoms with Crippen molar-refractivity contribution < 1.29 is 33.3 Å². The minimum absolute atomic E-state index is 0.105. The molecule has 0 bridgehead atoms. The number of aromatic nitrogens is 6. The van der Waals surface area contributed by atoms with E-state index in [1.54, 1.807) is 0 Å². The zero-order valence-corrected chi connectivity index (χ0v) is 16.2. The summed E-state index contributed by atoms with van der Waals surface area (Å²) in [4.78, 5) is 50.9. The van der Waals surface area contributed by atoms with Crippen molar-refractivity contribution in [2.75, 3.05) is 6.61 Å². The van der Waals surface area contributed by atoms with Gasteiger partial charge in [-0.15, -0.1) is 10.2 Å². The largest absolute Gasteiger partial charge is 0.463 e. The Morgan fingerprint density at radius 2 is 1.83 bits per heavy atom. The molecule has 0 amide bonds. The van der Waals surface area contributed by atoms with Gasteiger partial charge in [-0.05, 0) is 11.3 Å². The van der Waals surface area contributed by atoms with Crippen LogP contribution in [-0.4, -0.2) is 73.0 Å². The van der Waals surface area contributed by atoms with Crippen molar-refractivity contribution in [2.45, 2.75) is 45.3 Å². The first-order valence-electron chi connectivity index (χ1n) is 8.72. The molecule has 3 heterocycles. The van der Waals surface area contributed by atoms with Gasteiger partial charge in [0.15, 0.2) is 18.4 Å². The van der Waals surface area contributed by atoms with Gasteiger partial charge in [0, 0.05) is 27.0 Å². The summed E-state index contributed by atoms with van der Waals surface area (Å²) >= 11 is 0. The smallest absolute Gasteiger partial charge is 0.350 e. The van der Waals surface area contributed by atoms with Crippen LogP contribution < -0.4 is 5.69 Å². The Labute approximate surface area is 168 Å². The van der Waals surface area contributed by atoms with Gasteiger partial charge in [-0.2, -0.15) is 10.2 Å². The van der Waals surface area contributed by atoms with Crippen molar-refractivity contribution in [3.8, 4) is 11.5 Å². The number of hydrogen-bond acceptors (Lipinski definition) is 12. The molecule has 160 valence electrons. The topological polar surface area (TPSA) is 177 Å². The second kappa shape index (κ2) is 8.77. The van der Waals surface area contributed by atoms with Gasteiger partial charge >= 0.3 is 23.6 Å². The van der Waals surface area contributed by atoms with E-state index in [2.05, 4.69) is 25.6 Å². The SMILES string of the molecule is CC(=O)OC[C@H]1O[C@@H](n2ccc(-c3nn[nH]n3)nc2=O)[C@H](OC(C)=O)[C@@H]1OC(C)=O. The minimum atomic E-state index is -1.20. The average molecular weight is 422 g/mol. The van der Waals surface area contributed by atoms with E-state index in [-0.39, 0.29) is 18.1 Å². The number of tetrazole rings is 1. The predicted molar refractivity (Wildman–Crippen MR) is 93.3 cm³/mol. The molecule has 0 spiro atoms. The summed E-state index contributed by atoms with van der Waals surface area (Å²) in [6, 6.07) is 1.43. The van der Waals surface area contributed by atoms with Crippen molar-refractivity contribution in [3.05, 3.63) is 22.7 Å². The number of rotatable bonds is 6. The lowest BCUT2D eigenvalue weighted by atomic mass is 10.1. The summed E-state index contributed by atoms with van der Waals surface area (Å²) in [6.07, 6.45) is -3.17. The summed E-state index contributed by atoms with van der Waals surface area (Å²) in [5.74, 6) is -1.85. The Balaban J connectivity index is 1.96. The second-order valence-electron chi connectivity index (χ2n) is 6.25. The van der Waals surface area contributed by atoms with Crippen molar-refractivity contribution in [3.63, 3.8) is 0 Å². The summed E-state index contributed by atoms with van der Waals surface area (Å²) in [5.41, 5.74) is -0.616. The molecule has 1 fully saturated rings. The summed E-state index contributed by atoms with van der Waals surface area (Å²) in [5, 5.41) is 13.1. The average Bonchev–Trinajstić information content (AvgIpc) is 3.29. The summed E-state index contributed by atoms with van der Waals surface area (Å²) < 4.78 is 22.3. The fraction of sp³-hybridized carbons (Fsp3) is 0.500. The maximum atomic E-state index is 12.6. The van der Waals surface area contributed by atoms with Crippen LogP contribution in [-0.2, 0) is 33.3 Å². The number of carbonyl (C=O) groups excluding carboxylic acids is 3. The lowest BCUT2D eigenvalue weighted by molar-refractivity contribution is -0.166. The van der Waals surface area contributed by atoms with E-state index >= 15 is 0 Å². The van der Waals surface area contributed by atoms with Crippen LogP contribution >= 0.6 is 0 Å². The normalized spacial score (nSPS) is 23.0. The molecule has 0 aliphatic carbocycles. The van der Waals surface area contributed by atoms with Crippen LogP contribution in [0.3, 0.4) is 0 Å². The van der Waals surface area contributed by atoms with E-state index in [0.717, 1.165) is 18.4 Å². The van der Waals surface area contributed by atoms with Gasteiger partial charge in [0.25, 0.3) is 0 Å². The zero-order chi connectivity index (χ0) is 21.8. The molecule has 0 radical (unpaired) electrons. The molecule has 4 atom stereocenters. The molecule has 1 aliphatic heterocycles. The molecule has 14 heteroatoms. The molecule has 0 aromatic carbocycles. The molecular formula is C16H18N6O8. The van der Waals surface area contributed by atoms with Crippen molar-refractivity contribution in [1.82, 2.24) is 30.2 Å². The summed E-state index contributed by atoms with van der Waals surface area (Å²) in [6.45, 7) is 3.22. The third-order valence-corrected chi connectivity index (χ3v) is 4.02. The maximum Gasteiger partial charge on any atom is 0.350 e. The van der Waals surface area contributed by atoms with E-state index < -0.39 is 48.1 Å². The molecule has 2 aromatic rings. The lowest BCUT2D eigenvalue weighted by Gasteiger charge is -2.23. The molecule has 2 aromatic heterocycles. The zero-order valence-electron chi connectivity index (χ0n) is 16.2. The predicted octanol–water partition coefficient (Wildman–Crippen LogP) is -1.25. The molecule has 1 saturated heterocycles. The number of nitrogens with one attached hydrogen (secondary N) is 1. The maximum absolute atomic E-state index is 12.6. The van der Waals surface area contributed by atoms with Gasteiger partial charge in [-0.25, -0.2) is 4.79 Å². The van der Waals surface area contributed by atoms with Gasteiger partial charge in [0.2, 0.25) is 5.82 Å². The van der Waals surface area contributed by atoms with Gasteiger partial charge in [0.1, 0.15) is 18.4 Å². The number of nitrogens with zero attached hydrogens (tertiary/aromatic N) is 5. The highest BCUT2D eigenvalue weighted by molar-refractivity contribution is 5.68. The first-order valence-corrected chi connectivity index (χ1v) is 8.72. The van der Waals surface area contributed by atoms with E-state index in [0.29, 0.717) is 0 Å². The van der Waals surface area contributed by atoms with Crippen molar-refractivity contribution >= 4 is 17.9 Å². The fourth-order valence-electron chi connectivity index (χ4n) is 2.92. The Hall–Kier alpha value is -3.68. The molecular weight excluding hydrogens is 404 g/mol. The number of hydrogen-bond donors (Lipinski definition) is 1. The van der Waals surface area contributed by atoms with Crippen LogP contribution in [0.5, 0.6) is 0 Å². The highest BCUT2D eigenvalue weighted by Crippen LogP contribution is 2.33. The van der Waals surface area contributed by atoms with Gasteiger partial charge < -0.3 is 18.9 Å².